The van der Waals surface area contributed by atoms with Gasteiger partial charge in [0.05, 0.1) is 7.11 Å². The summed E-state index contributed by atoms with van der Waals surface area (Å²) < 4.78 is 6.68. The van der Waals surface area contributed by atoms with E-state index in [1.54, 1.807) is 7.11 Å². The molecule has 1 fully saturated rings. The summed E-state index contributed by atoms with van der Waals surface area (Å²) in [6.07, 6.45) is 5.05. The molecule has 0 aromatic heterocycles. The third-order valence-electron chi connectivity index (χ3n) is 3.87. The highest BCUT2D eigenvalue weighted by Crippen LogP contribution is 2.34. The fourth-order valence-electron chi connectivity index (χ4n) is 3.00. The Bertz CT molecular complexity index is 425. The molecule has 0 aliphatic carbocycles. The number of benzene rings is 1. The minimum atomic E-state index is 0.488. The van der Waals surface area contributed by atoms with Crippen LogP contribution in [0.1, 0.15) is 50.2 Å². The van der Waals surface area contributed by atoms with E-state index in [-0.39, 0.29) is 0 Å². The van der Waals surface area contributed by atoms with E-state index in [2.05, 4.69) is 47.2 Å². The summed E-state index contributed by atoms with van der Waals surface area (Å²) >= 11 is 3.60. The molecule has 1 saturated heterocycles. The van der Waals surface area contributed by atoms with Gasteiger partial charge in [0.25, 0.3) is 0 Å². The SMILES string of the molecule is COc1cc(Br)cc(CC2CCCCN2)c1C(C)C. The van der Waals surface area contributed by atoms with E-state index in [0.717, 1.165) is 23.2 Å². The maximum atomic E-state index is 5.57. The molecule has 1 aromatic rings. The van der Waals surface area contributed by atoms with Gasteiger partial charge in [-0.3, -0.25) is 0 Å². The van der Waals surface area contributed by atoms with Gasteiger partial charge in [-0.05, 0) is 55.0 Å². The molecule has 1 aromatic carbocycles. The molecule has 1 N–H and O–H groups in total. The fourth-order valence-corrected chi connectivity index (χ4v) is 3.49. The van der Waals surface area contributed by atoms with Gasteiger partial charge in [-0.2, -0.15) is 0 Å². The molecular weight excluding hydrogens is 302 g/mol. The first kappa shape index (κ1) is 14.9. The van der Waals surface area contributed by atoms with Crippen molar-refractivity contribution in [3.8, 4) is 5.75 Å². The molecule has 1 atom stereocenters. The van der Waals surface area contributed by atoms with Crippen molar-refractivity contribution in [1.82, 2.24) is 5.32 Å². The molecule has 1 aliphatic rings. The van der Waals surface area contributed by atoms with Crippen molar-refractivity contribution in [2.45, 2.75) is 51.5 Å². The predicted molar refractivity (Wildman–Crippen MR) is 84.1 cm³/mol. The van der Waals surface area contributed by atoms with Crippen LogP contribution in [0.3, 0.4) is 0 Å². The number of methoxy groups -OCH3 is 1. The third kappa shape index (κ3) is 3.73. The maximum Gasteiger partial charge on any atom is 0.123 e. The second kappa shape index (κ2) is 6.76. The Balaban J connectivity index is 2.28. The molecule has 0 radical (unpaired) electrons. The molecule has 0 amide bonds. The van der Waals surface area contributed by atoms with E-state index in [0.29, 0.717) is 12.0 Å². The van der Waals surface area contributed by atoms with Gasteiger partial charge in [0.2, 0.25) is 0 Å². The summed E-state index contributed by atoms with van der Waals surface area (Å²) in [5.41, 5.74) is 2.78. The molecule has 2 rings (SSSR count). The second-order valence-corrected chi connectivity index (χ2v) is 6.60. The lowest BCUT2D eigenvalue weighted by Crippen LogP contribution is -2.35. The van der Waals surface area contributed by atoms with Gasteiger partial charge in [-0.15, -0.1) is 0 Å². The maximum absolute atomic E-state index is 5.57. The molecular formula is C16H24BrNO. The van der Waals surface area contributed by atoms with Crippen LogP contribution in [0.15, 0.2) is 16.6 Å². The van der Waals surface area contributed by atoms with Crippen LogP contribution in [0.25, 0.3) is 0 Å². The Labute approximate surface area is 125 Å². The zero-order valence-electron chi connectivity index (χ0n) is 12.1. The van der Waals surface area contributed by atoms with Crippen LogP contribution in [0, 0.1) is 0 Å². The van der Waals surface area contributed by atoms with Gasteiger partial charge in [-0.1, -0.05) is 36.2 Å². The summed E-state index contributed by atoms with van der Waals surface area (Å²) in [4.78, 5) is 0. The van der Waals surface area contributed by atoms with Gasteiger partial charge < -0.3 is 10.1 Å². The van der Waals surface area contributed by atoms with Crippen molar-refractivity contribution < 1.29 is 4.74 Å². The summed E-state index contributed by atoms with van der Waals surface area (Å²) in [5, 5.41) is 3.63. The van der Waals surface area contributed by atoms with Crippen LogP contribution in [-0.2, 0) is 6.42 Å². The first-order valence-corrected chi connectivity index (χ1v) is 8.00. The lowest BCUT2D eigenvalue weighted by atomic mass is 9.90. The Morgan fingerprint density at radius 2 is 2.16 bits per heavy atom. The van der Waals surface area contributed by atoms with E-state index in [1.807, 2.05) is 0 Å². The number of piperidine rings is 1. The van der Waals surface area contributed by atoms with Crippen LogP contribution < -0.4 is 10.1 Å². The number of rotatable bonds is 4. The van der Waals surface area contributed by atoms with Crippen molar-refractivity contribution in [3.63, 3.8) is 0 Å². The normalized spacial score (nSPS) is 19.7. The number of nitrogens with one attached hydrogen (secondary N) is 1. The molecule has 0 bridgehead atoms. The van der Waals surface area contributed by atoms with Crippen LogP contribution in [0.2, 0.25) is 0 Å². The number of ether oxygens (including phenoxy) is 1. The summed E-state index contributed by atoms with van der Waals surface area (Å²) in [6, 6.07) is 4.95. The Morgan fingerprint density at radius 3 is 2.74 bits per heavy atom. The van der Waals surface area contributed by atoms with Crippen molar-refractivity contribution in [1.29, 1.82) is 0 Å². The average Bonchev–Trinajstić information content (AvgIpc) is 2.38. The summed E-state index contributed by atoms with van der Waals surface area (Å²) in [7, 11) is 1.76. The van der Waals surface area contributed by atoms with Crippen molar-refractivity contribution in [2.24, 2.45) is 0 Å². The number of halogens is 1. The Kier molecular flexibility index (Phi) is 5.28. The number of hydrogen-bond donors (Lipinski definition) is 1. The van der Waals surface area contributed by atoms with Crippen LogP contribution in [0.4, 0.5) is 0 Å². The summed E-state index contributed by atoms with van der Waals surface area (Å²) in [6.45, 7) is 5.64. The molecule has 2 nitrogen and oxygen atoms in total. The summed E-state index contributed by atoms with van der Waals surface area (Å²) in [5.74, 6) is 1.50. The van der Waals surface area contributed by atoms with Crippen LogP contribution in [0.5, 0.6) is 5.75 Å². The van der Waals surface area contributed by atoms with Gasteiger partial charge in [0.15, 0.2) is 0 Å². The molecule has 0 saturated carbocycles. The highest BCUT2D eigenvalue weighted by atomic mass is 79.9. The monoisotopic (exact) mass is 325 g/mol. The van der Waals surface area contributed by atoms with E-state index in [9.17, 15) is 0 Å². The zero-order valence-corrected chi connectivity index (χ0v) is 13.7. The highest BCUT2D eigenvalue weighted by molar-refractivity contribution is 9.10. The molecule has 0 spiro atoms. The van der Waals surface area contributed by atoms with Gasteiger partial charge in [-0.25, -0.2) is 0 Å². The van der Waals surface area contributed by atoms with Gasteiger partial charge in [0.1, 0.15) is 5.75 Å². The first-order chi connectivity index (χ1) is 9.11. The quantitative estimate of drug-likeness (QED) is 0.892. The van der Waals surface area contributed by atoms with Crippen LogP contribution in [-0.4, -0.2) is 19.7 Å². The smallest absolute Gasteiger partial charge is 0.123 e. The zero-order chi connectivity index (χ0) is 13.8. The lowest BCUT2D eigenvalue weighted by molar-refractivity contribution is 0.392. The standard InChI is InChI=1S/C16H24BrNO/c1-11(2)16-12(8-13(17)10-15(16)19-3)9-14-6-4-5-7-18-14/h8,10-11,14,18H,4-7,9H2,1-3H3. The molecule has 19 heavy (non-hydrogen) atoms. The minimum absolute atomic E-state index is 0.488. The topological polar surface area (TPSA) is 21.3 Å². The first-order valence-electron chi connectivity index (χ1n) is 7.21. The fraction of sp³-hybridized carbons (Fsp3) is 0.625. The van der Waals surface area contributed by atoms with Crippen molar-refractivity contribution >= 4 is 15.9 Å². The predicted octanol–water partition coefficient (Wildman–Crippen LogP) is 4.27. The average molecular weight is 326 g/mol. The lowest BCUT2D eigenvalue weighted by Gasteiger charge is -2.26. The molecule has 106 valence electrons. The third-order valence-corrected chi connectivity index (χ3v) is 4.33. The van der Waals surface area contributed by atoms with E-state index in [4.69, 9.17) is 4.74 Å². The van der Waals surface area contributed by atoms with E-state index < -0.39 is 0 Å². The second-order valence-electron chi connectivity index (χ2n) is 5.69. The Morgan fingerprint density at radius 1 is 1.37 bits per heavy atom. The van der Waals surface area contributed by atoms with Crippen molar-refractivity contribution in [2.75, 3.05) is 13.7 Å². The van der Waals surface area contributed by atoms with E-state index >= 15 is 0 Å². The van der Waals surface area contributed by atoms with Crippen LogP contribution >= 0.6 is 15.9 Å². The molecule has 3 heteroatoms. The number of hydrogen-bond acceptors (Lipinski definition) is 2. The van der Waals surface area contributed by atoms with E-state index in [1.165, 1.54) is 30.4 Å². The minimum Gasteiger partial charge on any atom is -0.496 e. The van der Waals surface area contributed by atoms with Gasteiger partial charge in [0, 0.05) is 10.5 Å². The highest BCUT2D eigenvalue weighted by Gasteiger charge is 2.19. The van der Waals surface area contributed by atoms with Gasteiger partial charge >= 0.3 is 0 Å². The molecule has 1 heterocycles. The molecule has 1 unspecified atom stereocenters. The largest absolute Gasteiger partial charge is 0.496 e. The van der Waals surface area contributed by atoms with Crippen molar-refractivity contribution in [3.05, 3.63) is 27.7 Å². The molecule has 1 aliphatic heterocycles. The Hall–Kier alpha value is -0.540.